The maximum atomic E-state index is 13.0. The van der Waals surface area contributed by atoms with Crippen molar-refractivity contribution in [2.24, 2.45) is 5.92 Å². The van der Waals surface area contributed by atoms with E-state index < -0.39 is 0 Å². The van der Waals surface area contributed by atoms with E-state index in [0.717, 1.165) is 12.8 Å². The van der Waals surface area contributed by atoms with Gasteiger partial charge in [0.05, 0.1) is 19.1 Å². The van der Waals surface area contributed by atoms with Gasteiger partial charge in [-0.15, -0.1) is 11.3 Å². The lowest BCUT2D eigenvalue weighted by Crippen LogP contribution is -2.43. The number of benzene rings is 1. The van der Waals surface area contributed by atoms with Crippen molar-refractivity contribution >= 4 is 46.5 Å². The van der Waals surface area contributed by atoms with Crippen molar-refractivity contribution in [2.75, 3.05) is 25.0 Å². The predicted molar refractivity (Wildman–Crippen MR) is 129 cm³/mol. The molecule has 0 bridgehead atoms. The third-order valence-electron chi connectivity index (χ3n) is 5.37. The summed E-state index contributed by atoms with van der Waals surface area (Å²) in [6, 6.07) is 6.60. The summed E-state index contributed by atoms with van der Waals surface area (Å²) in [7, 11) is 0. The van der Waals surface area contributed by atoms with E-state index in [4.69, 9.17) is 16.3 Å². The van der Waals surface area contributed by atoms with Gasteiger partial charge in [-0.25, -0.2) is 9.78 Å². The van der Waals surface area contributed by atoms with Gasteiger partial charge in [-0.1, -0.05) is 17.7 Å². The summed E-state index contributed by atoms with van der Waals surface area (Å²) in [5.74, 6) is -0.759. The lowest BCUT2D eigenvalue weighted by molar-refractivity contribution is -0.149. The molecular weight excluding hydrogens is 464 g/mol. The molecule has 1 aliphatic heterocycles. The van der Waals surface area contributed by atoms with Gasteiger partial charge < -0.3 is 19.9 Å². The molecule has 1 N–H and O–H groups in total. The van der Waals surface area contributed by atoms with Gasteiger partial charge in [0.15, 0.2) is 0 Å². The van der Waals surface area contributed by atoms with E-state index in [1.54, 1.807) is 46.4 Å². The average molecular weight is 493 g/mol. The number of nitrogens with one attached hydrogen (secondary N) is 1. The molecule has 2 heterocycles. The maximum absolute atomic E-state index is 13.0. The molecule has 1 saturated heterocycles. The Morgan fingerprint density at radius 1 is 1.36 bits per heavy atom. The Bertz CT molecular complexity index is 996. The number of anilines is 1. The van der Waals surface area contributed by atoms with Crippen LogP contribution in [-0.4, -0.2) is 58.4 Å². The molecule has 3 amide bonds. The van der Waals surface area contributed by atoms with Gasteiger partial charge in [0, 0.05) is 35.2 Å². The van der Waals surface area contributed by atoms with Crippen molar-refractivity contribution in [3.05, 3.63) is 45.4 Å². The van der Waals surface area contributed by atoms with Gasteiger partial charge in [0.2, 0.25) is 0 Å². The standard InChI is InChI=1S/C23H29ClN4O4S/c1-4-32-22(30)16-7-6-10-27(12-16)21(29)19-14-33-20(26-19)13-28(15(2)3)23(31)25-18-9-5-8-17(24)11-18/h5,8-9,11,14-16H,4,6-7,10,12-13H2,1-3H3,(H,25,31). The largest absolute Gasteiger partial charge is 0.466 e. The van der Waals surface area contributed by atoms with Crippen LogP contribution >= 0.6 is 22.9 Å². The number of amides is 3. The summed E-state index contributed by atoms with van der Waals surface area (Å²) in [4.78, 5) is 45.7. The number of hydrogen-bond acceptors (Lipinski definition) is 6. The topological polar surface area (TPSA) is 91.8 Å². The number of ether oxygens (including phenoxy) is 1. The van der Waals surface area contributed by atoms with Crippen LogP contribution in [0.3, 0.4) is 0 Å². The second kappa shape index (κ2) is 11.5. The number of aromatic nitrogens is 1. The van der Waals surface area contributed by atoms with E-state index in [0.29, 0.717) is 41.1 Å². The van der Waals surface area contributed by atoms with Gasteiger partial charge in [0.1, 0.15) is 10.7 Å². The molecule has 1 unspecified atom stereocenters. The molecule has 1 aliphatic rings. The molecule has 2 aromatic rings. The lowest BCUT2D eigenvalue weighted by Gasteiger charge is -2.31. The summed E-state index contributed by atoms with van der Waals surface area (Å²) >= 11 is 7.34. The first-order chi connectivity index (χ1) is 15.8. The number of rotatable bonds is 7. The molecule has 0 saturated carbocycles. The van der Waals surface area contributed by atoms with Crippen LogP contribution in [-0.2, 0) is 16.1 Å². The molecule has 10 heteroatoms. The lowest BCUT2D eigenvalue weighted by atomic mass is 9.98. The fourth-order valence-corrected chi connectivity index (χ4v) is 4.61. The van der Waals surface area contributed by atoms with Crippen LogP contribution in [0.4, 0.5) is 10.5 Å². The molecule has 1 fully saturated rings. The Morgan fingerprint density at radius 3 is 2.85 bits per heavy atom. The number of esters is 1. The molecule has 1 aromatic carbocycles. The highest BCUT2D eigenvalue weighted by Crippen LogP contribution is 2.22. The first-order valence-electron chi connectivity index (χ1n) is 11.0. The van der Waals surface area contributed by atoms with Crippen LogP contribution in [0.15, 0.2) is 29.6 Å². The number of carbonyl (C=O) groups excluding carboxylic acids is 3. The van der Waals surface area contributed by atoms with Crippen LogP contribution in [0.2, 0.25) is 5.02 Å². The summed E-state index contributed by atoms with van der Waals surface area (Å²) in [5, 5.41) is 5.76. The molecule has 8 nitrogen and oxygen atoms in total. The van der Waals surface area contributed by atoms with Gasteiger partial charge in [-0.2, -0.15) is 0 Å². The smallest absolute Gasteiger partial charge is 0.322 e. The zero-order valence-corrected chi connectivity index (χ0v) is 20.6. The van der Waals surface area contributed by atoms with Gasteiger partial charge >= 0.3 is 12.0 Å². The minimum Gasteiger partial charge on any atom is -0.466 e. The van der Waals surface area contributed by atoms with Gasteiger partial charge in [-0.3, -0.25) is 9.59 Å². The van der Waals surface area contributed by atoms with Crippen LogP contribution in [0, 0.1) is 5.92 Å². The normalized spacial score (nSPS) is 15.9. The summed E-state index contributed by atoms with van der Waals surface area (Å²) in [5.41, 5.74) is 0.938. The summed E-state index contributed by atoms with van der Waals surface area (Å²) in [6.45, 7) is 7.13. The second-order valence-corrected chi connectivity index (χ2v) is 9.51. The van der Waals surface area contributed by atoms with Crippen molar-refractivity contribution < 1.29 is 19.1 Å². The molecule has 0 spiro atoms. The number of carbonyl (C=O) groups is 3. The highest BCUT2D eigenvalue weighted by molar-refractivity contribution is 7.09. The number of likely N-dealkylation sites (tertiary alicyclic amines) is 1. The van der Waals surface area contributed by atoms with E-state index in [2.05, 4.69) is 10.3 Å². The van der Waals surface area contributed by atoms with Gasteiger partial charge in [0.25, 0.3) is 5.91 Å². The van der Waals surface area contributed by atoms with Crippen LogP contribution < -0.4 is 5.32 Å². The Balaban J connectivity index is 1.64. The SMILES string of the molecule is CCOC(=O)C1CCCN(C(=O)c2csc(CN(C(=O)Nc3cccc(Cl)c3)C(C)C)n2)C1. The number of urea groups is 1. The van der Waals surface area contributed by atoms with Gasteiger partial charge in [-0.05, 0) is 51.8 Å². The fraction of sp³-hybridized carbons (Fsp3) is 0.478. The third-order valence-corrected chi connectivity index (χ3v) is 6.43. The van der Waals surface area contributed by atoms with Crippen molar-refractivity contribution in [1.82, 2.24) is 14.8 Å². The molecule has 33 heavy (non-hydrogen) atoms. The first-order valence-corrected chi connectivity index (χ1v) is 12.3. The Labute approximate surface area is 202 Å². The van der Waals surface area contributed by atoms with Crippen LogP contribution in [0.5, 0.6) is 0 Å². The Hall–Kier alpha value is -2.65. The zero-order chi connectivity index (χ0) is 24.0. The highest BCUT2D eigenvalue weighted by Gasteiger charge is 2.31. The number of nitrogens with zero attached hydrogens (tertiary/aromatic N) is 3. The van der Waals surface area contributed by atoms with E-state index in [1.807, 2.05) is 13.8 Å². The number of thiazole rings is 1. The van der Waals surface area contributed by atoms with Crippen LogP contribution in [0.1, 0.15) is 49.1 Å². The van der Waals surface area contributed by atoms with E-state index in [9.17, 15) is 14.4 Å². The third kappa shape index (κ3) is 6.68. The monoisotopic (exact) mass is 492 g/mol. The molecule has 1 atom stereocenters. The number of halogens is 1. The maximum Gasteiger partial charge on any atom is 0.322 e. The quantitative estimate of drug-likeness (QED) is 0.568. The minimum atomic E-state index is -0.299. The second-order valence-electron chi connectivity index (χ2n) is 8.13. The van der Waals surface area contributed by atoms with Crippen molar-refractivity contribution in [3.63, 3.8) is 0 Å². The van der Waals surface area contributed by atoms with Crippen molar-refractivity contribution in [2.45, 2.75) is 46.2 Å². The van der Waals surface area contributed by atoms with Crippen molar-refractivity contribution in [3.8, 4) is 0 Å². The Morgan fingerprint density at radius 2 is 2.15 bits per heavy atom. The molecule has 1 aromatic heterocycles. The minimum absolute atomic E-state index is 0.0836. The number of piperidine rings is 1. The van der Waals surface area contributed by atoms with Crippen LogP contribution in [0.25, 0.3) is 0 Å². The fourth-order valence-electron chi connectivity index (χ4n) is 3.65. The zero-order valence-electron chi connectivity index (χ0n) is 19.0. The Kier molecular flexibility index (Phi) is 8.68. The summed E-state index contributed by atoms with van der Waals surface area (Å²) in [6.07, 6.45) is 1.47. The first kappa shape index (κ1) is 25.0. The highest BCUT2D eigenvalue weighted by atomic mass is 35.5. The molecule has 178 valence electrons. The van der Waals surface area contributed by atoms with E-state index >= 15 is 0 Å². The van der Waals surface area contributed by atoms with Crippen molar-refractivity contribution in [1.29, 1.82) is 0 Å². The molecule has 0 radical (unpaired) electrons. The summed E-state index contributed by atoms with van der Waals surface area (Å²) < 4.78 is 5.12. The number of hydrogen-bond donors (Lipinski definition) is 1. The molecule has 3 rings (SSSR count). The van der Waals surface area contributed by atoms with E-state index in [1.165, 1.54) is 11.3 Å². The molecular formula is C23H29ClN4O4S. The van der Waals surface area contributed by atoms with E-state index in [-0.39, 0.29) is 36.4 Å². The average Bonchev–Trinajstić information content (AvgIpc) is 3.25. The predicted octanol–water partition coefficient (Wildman–Crippen LogP) is 4.65. The molecule has 0 aliphatic carbocycles.